The van der Waals surface area contributed by atoms with Crippen LogP contribution in [0.25, 0.3) is 0 Å². The number of nitrogens with one attached hydrogen (secondary N) is 1. The van der Waals surface area contributed by atoms with Gasteiger partial charge in [0.15, 0.2) is 9.84 Å². The molecule has 1 amide bonds. The molecule has 1 aliphatic heterocycles. The Labute approximate surface area is 134 Å². The smallest absolute Gasteiger partial charge is 0.224 e. The summed E-state index contributed by atoms with van der Waals surface area (Å²) in [7, 11) is -2.78. The third-order valence-electron chi connectivity index (χ3n) is 3.72. The molecule has 4 nitrogen and oxygen atoms in total. The predicted octanol–water partition coefficient (Wildman–Crippen LogP) is 2.32. The maximum atomic E-state index is 11.8. The van der Waals surface area contributed by atoms with E-state index in [0.29, 0.717) is 24.5 Å². The third kappa shape index (κ3) is 5.79. The number of carbonyl (C=O) groups is 1. The van der Waals surface area contributed by atoms with E-state index in [1.165, 1.54) is 0 Å². The summed E-state index contributed by atoms with van der Waals surface area (Å²) < 4.78 is 23.7. The Morgan fingerprint density at radius 1 is 1.29 bits per heavy atom. The molecule has 0 saturated carbocycles. The predicted molar refractivity (Wildman–Crippen MR) is 86.9 cm³/mol. The van der Waals surface area contributed by atoms with Crippen molar-refractivity contribution in [2.45, 2.75) is 25.7 Å². The lowest BCUT2D eigenvalue weighted by Gasteiger charge is -2.08. The van der Waals surface area contributed by atoms with Crippen LogP contribution in [0.15, 0.2) is 28.7 Å². The van der Waals surface area contributed by atoms with Crippen LogP contribution in [0.3, 0.4) is 0 Å². The van der Waals surface area contributed by atoms with Crippen LogP contribution in [0.1, 0.15) is 24.8 Å². The number of benzene rings is 1. The van der Waals surface area contributed by atoms with Gasteiger partial charge in [0.2, 0.25) is 5.91 Å². The lowest BCUT2D eigenvalue weighted by molar-refractivity contribution is -0.120. The van der Waals surface area contributed by atoms with Gasteiger partial charge in [0, 0.05) is 11.0 Å². The van der Waals surface area contributed by atoms with Crippen LogP contribution in [-0.2, 0) is 21.1 Å². The number of carbonyl (C=O) groups excluding carboxylic acids is 1. The Hall–Kier alpha value is -0.880. The van der Waals surface area contributed by atoms with Crippen molar-refractivity contribution < 1.29 is 13.2 Å². The molecule has 1 aromatic rings. The van der Waals surface area contributed by atoms with Crippen LogP contribution >= 0.6 is 15.9 Å². The summed E-state index contributed by atoms with van der Waals surface area (Å²) in [4.78, 5) is 11.8. The van der Waals surface area contributed by atoms with E-state index in [1.807, 2.05) is 24.3 Å². The van der Waals surface area contributed by atoms with E-state index in [4.69, 9.17) is 0 Å². The normalized spacial score (nSPS) is 20.3. The van der Waals surface area contributed by atoms with Gasteiger partial charge in [-0.25, -0.2) is 8.42 Å². The van der Waals surface area contributed by atoms with E-state index >= 15 is 0 Å². The molecule has 6 heteroatoms. The van der Waals surface area contributed by atoms with Gasteiger partial charge in [-0.3, -0.25) is 4.79 Å². The summed E-state index contributed by atoms with van der Waals surface area (Å²) in [5.74, 6) is 0.933. The van der Waals surface area contributed by atoms with Gasteiger partial charge in [0.05, 0.1) is 17.9 Å². The second-order valence-electron chi connectivity index (χ2n) is 5.56. The Kier molecular flexibility index (Phi) is 5.81. The molecule has 1 atom stereocenters. The molecule has 0 aromatic heterocycles. The minimum Gasteiger partial charge on any atom is -0.356 e. The van der Waals surface area contributed by atoms with Gasteiger partial charge in [0.1, 0.15) is 0 Å². The number of halogens is 1. The molecule has 0 bridgehead atoms. The van der Waals surface area contributed by atoms with Crippen LogP contribution in [0.4, 0.5) is 0 Å². The summed E-state index contributed by atoms with van der Waals surface area (Å²) in [5.41, 5.74) is 0.984. The Balaban J connectivity index is 1.62. The van der Waals surface area contributed by atoms with Crippen molar-refractivity contribution in [2.24, 2.45) is 5.92 Å². The first kappa shape index (κ1) is 16.5. The average molecular weight is 374 g/mol. The van der Waals surface area contributed by atoms with E-state index in [2.05, 4.69) is 21.2 Å². The molecule has 21 heavy (non-hydrogen) atoms. The van der Waals surface area contributed by atoms with Crippen molar-refractivity contribution in [3.63, 3.8) is 0 Å². The summed E-state index contributed by atoms with van der Waals surface area (Å²) in [6, 6.07) is 7.69. The molecule has 2 rings (SSSR count). The molecule has 116 valence electrons. The van der Waals surface area contributed by atoms with Crippen LogP contribution in [0.5, 0.6) is 0 Å². The minimum absolute atomic E-state index is 0.0105. The Bertz CT molecular complexity index is 583. The number of amides is 1. The van der Waals surface area contributed by atoms with Gasteiger partial charge in [0.25, 0.3) is 0 Å². The van der Waals surface area contributed by atoms with Crippen LogP contribution < -0.4 is 5.32 Å². The van der Waals surface area contributed by atoms with Gasteiger partial charge in [-0.15, -0.1) is 0 Å². The highest BCUT2D eigenvalue weighted by atomic mass is 79.9. The van der Waals surface area contributed by atoms with E-state index in [-0.39, 0.29) is 11.8 Å². The number of sulfone groups is 1. The minimum atomic E-state index is -2.78. The molecule has 1 unspecified atom stereocenters. The Morgan fingerprint density at radius 2 is 2.00 bits per heavy atom. The Morgan fingerprint density at radius 3 is 2.62 bits per heavy atom. The SMILES string of the molecule is O=C(Cc1ccc(Br)cc1)NCCCC1CCS(=O)(=O)C1. The van der Waals surface area contributed by atoms with Gasteiger partial charge < -0.3 is 5.32 Å². The highest BCUT2D eigenvalue weighted by molar-refractivity contribution is 9.10. The molecule has 0 spiro atoms. The van der Waals surface area contributed by atoms with E-state index < -0.39 is 9.84 Å². The molecule has 1 aliphatic rings. The standard InChI is InChI=1S/C15H20BrNO3S/c16-14-5-3-12(4-6-14)10-15(18)17-8-1-2-13-7-9-21(19,20)11-13/h3-6,13H,1-2,7-11H2,(H,17,18). The molecule has 1 heterocycles. The van der Waals surface area contributed by atoms with Crippen molar-refractivity contribution in [1.29, 1.82) is 0 Å². The molecule has 1 saturated heterocycles. The van der Waals surface area contributed by atoms with Crippen LogP contribution in [-0.4, -0.2) is 32.4 Å². The lowest BCUT2D eigenvalue weighted by Crippen LogP contribution is -2.26. The van der Waals surface area contributed by atoms with Gasteiger partial charge in [-0.1, -0.05) is 28.1 Å². The first-order valence-electron chi connectivity index (χ1n) is 7.16. The van der Waals surface area contributed by atoms with Crippen molar-refractivity contribution in [3.05, 3.63) is 34.3 Å². The molecular weight excluding hydrogens is 354 g/mol. The molecular formula is C15H20BrNO3S. The summed E-state index contributed by atoms with van der Waals surface area (Å²) in [5, 5.41) is 2.89. The topological polar surface area (TPSA) is 63.2 Å². The van der Waals surface area contributed by atoms with Crippen molar-refractivity contribution in [2.75, 3.05) is 18.1 Å². The first-order chi connectivity index (χ1) is 9.94. The molecule has 1 fully saturated rings. The monoisotopic (exact) mass is 373 g/mol. The summed E-state index contributed by atoms with van der Waals surface area (Å²) in [6.07, 6.45) is 2.87. The van der Waals surface area contributed by atoms with Gasteiger partial charge >= 0.3 is 0 Å². The van der Waals surface area contributed by atoms with Gasteiger partial charge in [-0.2, -0.15) is 0 Å². The van der Waals surface area contributed by atoms with Gasteiger partial charge in [-0.05, 0) is 42.9 Å². The number of hydrogen-bond donors (Lipinski definition) is 1. The zero-order chi connectivity index (χ0) is 15.3. The highest BCUT2D eigenvalue weighted by Gasteiger charge is 2.27. The second kappa shape index (κ2) is 7.40. The molecule has 1 N–H and O–H groups in total. The van der Waals surface area contributed by atoms with E-state index in [0.717, 1.165) is 29.3 Å². The fraction of sp³-hybridized carbons (Fsp3) is 0.533. The van der Waals surface area contributed by atoms with E-state index in [9.17, 15) is 13.2 Å². The van der Waals surface area contributed by atoms with Crippen molar-refractivity contribution in [1.82, 2.24) is 5.32 Å². The third-order valence-corrected chi connectivity index (χ3v) is 6.08. The first-order valence-corrected chi connectivity index (χ1v) is 9.77. The average Bonchev–Trinajstić information content (AvgIpc) is 2.77. The quantitative estimate of drug-likeness (QED) is 0.778. The molecule has 0 radical (unpaired) electrons. The fourth-order valence-corrected chi connectivity index (χ4v) is 4.74. The van der Waals surface area contributed by atoms with Crippen LogP contribution in [0.2, 0.25) is 0 Å². The lowest BCUT2D eigenvalue weighted by atomic mass is 10.0. The number of hydrogen-bond acceptors (Lipinski definition) is 3. The summed E-state index contributed by atoms with van der Waals surface area (Å²) >= 11 is 3.36. The zero-order valence-corrected chi connectivity index (χ0v) is 14.2. The fourth-order valence-electron chi connectivity index (χ4n) is 2.57. The molecule has 1 aromatic carbocycles. The number of rotatable bonds is 6. The zero-order valence-electron chi connectivity index (χ0n) is 11.8. The summed E-state index contributed by atoms with van der Waals surface area (Å²) in [6.45, 7) is 0.617. The van der Waals surface area contributed by atoms with Crippen LogP contribution in [0, 0.1) is 5.92 Å². The largest absolute Gasteiger partial charge is 0.356 e. The molecule has 0 aliphatic carbocycles. The second-order valence-corrected chi connectivity index (χ2v) is 8.71. The van der Waals surface area contributed by atoms with E-state index in [1.54, 1.807) is 0 Å². The highest BCUT2D eigenvalue weighted by Crippen LogP contribution is 2.22. The van der Waals surface area contributed by atoms with Crippen molar-refractivity contribution in [3.8, 4) is 0 Å². The maximum absolute atomic E-state index is 11.8. The maximum Gasteiger partial charge on any atom is 0.224 e. The van der Waals surface area contributed by atoms with Crippen molar-refractivity contribution >= 4 is 31.7 Å².